The van der Waals surface area contributed by atoms with Gasteiger partial charge < -0.3 is 10.3 Å². The van der Waals surface area contributed by atoms with Gasteiger partial charge in [-0.3, -0.25) is 0 Å². The Kier molecular flexibility index (Phi) is 2.63. The monoisotopic (exact) mass is 249 g/mol. The van der Waals surface area contributed by atoms with E-state index in [0.29, 0.717) is 12.2 Å². The van der Waals surface area contributed by atoms with Gasteiger partial charge in [0.05, 0.1) is 12.2 Å². The Morgan fingerprint density at radius 2 is 2.17 bits per heavy atom. The molecule has 2 heterocycles. The Hall–Kier alpha value is -1.75. The normalized spacial score (nSPS) is 13.9. The average Bonchev–Trinajstić information content (AvgIpc) is 2.93. The maximum Gasteiger partial charge on any atom is 0.132 e. The maximum absolute atomic E-state index is 13.8. The second-order valence-electron chi connectivity index (χ2n) is 4.41. The highest BCUT2D eigenvalue weighted by atomic mass is 19.1. The topological polar surface area (TPSA) is 43.8 Å². The lowest BCUT2D eigenvalue weighted by Gasteiger charge is -2.02. The molecule has 1 aliphatic heterocycles. The van der Waals surface area contributed by atoms with Gasteiger partial charge in [-0.05, 0) is 31.0 Å². The first-order chi connectivity index (χ1) is 8.70. The summed E-state index contributed by atoms with van der Waals surface area (Å²) in [6.07, 6.45) is 1.83. The summed E-state index contributed by atoms with van der Waals surface area (Å²) in [5.74, 6) is -0.172. The zero-order valence-corrected chi connectivity index (χ0v) is 9.79. The highest BCUT2D eigenvalue weighted by Gasteiger charge is 2.23. The molecule has 2 N–H and O–H groups in total. The number of rotatable bonds is 2. The zero-order valence-electron chi connectivity index (χ0n) is 9.79. The van der Waals surface area contributed by atoms with Gasteiger partial charge in [0, 0.05) is 17.8 Å². The molecule has 1 aromatic carbocycles. The van der Waals surface area contributed by atoms with Crippen molar-refractivity contribution >= 4 is 0 Å². The Morgan fingerprint density at radius 1 is 1.33 bits per heavy atom. The summed E-state index contributed by atoms with van der Waals surface area (Å²) < 4.78 is 29.1. The Labute approximate surface area is 103 Å². The fourth-order valence-corrected chi connectivity index (χ4v) is 2.51. The molecular formula is C13H13F2N3. The van der Waals surface area contributed by atoms with Gasteiger partial charge in [0.25, 0.3) is 0 Å². The molecule has 0 aliphatic carbocycles. The van der Waals surface area contributed by atoms with E-state index in [4.69, 9.17) is 5.73 Å². The first kappa shape index (κ1) is 11.3. The van der Waals surface area contributed by atoms with Crippen molar-refractivity contribution in [1.82, 2.24) is 9.55 Å². The van der Waals surface area contributed by atoms with E-state index in [9.17, 15) is 8.78 Å². The molecule has 1 aromatic heterocycles. The quantitative estimate of drug-likeness (QED) is 0.887. The number of nitrogens with two attached hydrogens (primary N) is 1. The number of nitrogens with zero attached hydrogens (tertiary/aromatic N) is 2. The molecule has 0 saturated heterocycles. The lowest BCUT2D eigenvalue weighted by Crippen LogP contribution is -2.06. The van der Waals surface area contributed by atoms with Crippen LogP contribution in [0.15, 0.2) is 18.2 Å². The molecule has 0 bridgehead atoms. The van der Waals surface area contributed by atoms with Gasteiger partial charge in [-0.2, -0.15) is 0 Å². The van der Waals surface area contributed by atoms with Gasteiger partial charge in [0.1, 0.15) is 17.5 Å². The van der Waals surface area contributed by atoms with Crippen LogP contribution in [0.1, 0.15) is 17.9 Å². The molecule has 0 radical (unpaired) electrons. The number of aromatic nitrogens is 2. The van der Waals surface area contributed by atoms with Crippen LogP contribution in [0.2, 0.25) is 0 Å². The summed E-state index contributed by atoms with van der Waals surface area (Å²) in [5, 5.41) is 0. The third-order valence-corrected chi connectivity index (χ3v) is 3.31. The molecule has 3 nitrogen and oxygen atoms in total. The van der Waals surface area contributed by atoms with Crippen LogP contribution in [-0.4, -0.2) is 9.55 Å². The smallest absolute Gasteiger partial charge is 0.132 e. The van der Waals surface area contributed by atoms with Crippen LogP contribution in [0.25, 0.3) is 11.3 Å². The van der Waals surface area contributed by atoms with Crippen molar-refractivity contribution in [2.75, 3.05) is 0 Å². The second-order valence-corrected chi connectivity index (χ2v) is 4.41. The van der Waals surface area contributed by atoms with E-state index in [0.717, 1.165) is 43.0 Å². The first-order valence-corrected chi connectivity index (χ1v) is 5.94. The third kappa shape index (κ3) is 1.62. The molecule has 0 saturated carbocycles. The van der Waals surface area contributed by atoms with Crippen molar-refractivity contribution in [2.24, 2.45) is 5.73 Å². The lowest BCUT2D eigenvalue weighted by atomic mass is 10.1. The first-order valence-electron chi connectivity index (χ1n) is 5.94. The number of benzene rings is 1. The molecular weight excluding hydrogens is 236 g/mol. The van der Waals surface area contributed by atoms with E-state index in [1.807, 2.05) is 4.57 Å². The standard InChI is InChI=1S/C13H13F2N3/c14-8-3-4-10(15)9(6-8)13-11-2-1-5-18(11)12(7-16)17-13/h3-4,6H,1-2,5,7,16H2. The zero-order chi connectivity index (χ0) is 12.7. The van der Waals surface area contributed by atoms with E-state index in [2.05, 4.69) is 4.98 Å². The number of imidazole rings is 1. The summed E-state index contributed by atoms with van der Waals surface area (Å²) in [6, 6.07) is 3.43. The largest absolute Gasteiger partial charge is 0.330 e. The van der Waals surface area contributed by atoms with E-state index >= 15 is 0 Å². The summed E-state index contributed by atoms with van der Waals surface area (Å²) in [7, 11) is 0. The Morgan fingerprint density at radius 3 is 2.94 bits per heavy atom. The molecule has 0 amide bonds. The molecule has 3 rings (SSSR count). The van der Waals surface area contributed by atoms with Crippen LogP contribution in [0, 0.1) is 11.6 Å². The SMILES string of the molecule is NCc1nc(-c2cc(F)ccc2F)c2n1CCC2. The van der Waals surface area contributed by atoms with Gasteiger partial charge in [0.2, 0.25) is 0 Å². The van der Waals surface area contributed by atoms with Crippen LogP contribution >= 0.6 is 0 Å². The lowest BCUT2D eigenvalue weighted by molar-refractivity contribution is 0.602. The fourth-order valence-electron chi connectivity index (χ4n) is 2.51. The predicted molar refractivity (Wildman–Crippen MR) is 63.8 cm³/mol. The van der Waals surface area contributed by atoms with Crippen molar-refractivity contribution in [1.29, 1.82) is 0 Å². The van der Waals surface area contributed by atoms with E-state index in [1.165, 1.54) is 6.07 Å². The van der Waals surface area contributed by atoms with Gasteiger partial charge in [-0.15, -0.1) is 0 Å². The van der Waals surface area contributed by atoms with Gasteiger partial charge in [0.15, 0.2) is 0 Å². The predicted octanol–water partition coefficient (Wildman–Crippen LogP) is 2.23. The minimum atomic E-state index is -0.458. The Bertz CT molecular complexity index is 605. The van der Waals surface area contributed by atoms with Crippen molar-refractivity contribution < 1.29 is 8.78 Å². The molecule has 0 spiro atoms. The molecule has 18 heavy (non-hydrogen) atoms. The minimum Gasteiger partial charge on any atom is -0.330 e. The Balaban J connectivity index is 2.20. The van der Waals surface area contributed by atoms with Gasteiger partial charge in [-0.25, -0.2) is 13.8 Å². The third-order valence-electron chi connectivity index (χ3n) is 3.31. The van der Waals surface area contributed by atoms with Gasteiger partial charge in [-0.1, -0.05) is 0 Å². The average molecular weight is 249 g/mol. The van der Waals surface area contributed by atoms with Crippen LogP contribution in [0.5, 0.6) is 0 Å². The van der Waals surface area contributed by atoms with Crippen LogP contribution in [-0.2, 0) is 19.5 Å². The van der Waals surface area contributed by atoms with E-state index in [1.54, 1.807) is 0 Å². The highest BCUT2D eigenvalue weighted by Crippen LogP contribution is 2.31. The molecule has 5 heteroatoms. The van der Waals surface area contributed by atoms with Crippen LogP contribution in [0.3, 0.4) is 0 Å². The summed E-state index contributed by atoms with van der Waals surface area (Å²) >= 11 is 0. The van der Waals surface area contributed by atoms with Crippen molar-refractivity contribution in [3.8, 4) is 11.3 Å². The number of halogens is 2. The molecule has 94 valence electrons. The number of hydrogen-bond acceptors (Lipinski definition) is 2. The van der Waals surface area contributed by atoms with E-state index < -0.39 is 11.6 Å². The summed E-state index contributed by atoms with van der Waals surface area (Å²) in [4.78, 5) is 4.35. The summed E-state index contributed by atoms with van der Waals surface area (Å²) in [6.45, 7) is 1.16. The maximum atomic E-state index is 13.8. The van der Waals surface area contributed by atoms with Gasteiger partial charge >= 0.3 is 0 Å². The fraction of sp³-hybridized carbons (Fsp3) is 0.308. The molecule has 2 aromatic rings. The molecule has 0 unspecified atom stereocenters. The second kappa shape index (κ2) is 4.17. The van der Waals surface area contributed by atoms with Crippen molar-refractivity contribution in [3.05, 3.63) is 41.4 Å². The van der Waals surface area contributed by atoms with Crippen molar-refractivity contribution in [2.45, 2.75) is 25.9 Å². The number of fused-ring (bicyclic) bond motifs is 1. The molecule has 0 fully saturated rings. The molecule has 1 aliphatic rings. The minimum absolute atomic E-state index is 0.223. The van der Waals surface area contributed by atoms with Crippen LogP contribution < -0.4 is 5.73 Å². The highest BCUT2D eigenvalue weighted by molar-refractivity contribution is 5.63. The van der Waals surface area contributed by atoms with Crippen LogP contribution in [0.4, 0.5) is 8.78 Å². The van der Waals surface area contributed by atoms with Crippen molar-refractivity contribution in [3.63, 3.8) is 0 Å². The summed E-state index contributed by atoms with van der Waals surface area (Å²) in [5.41, 5.74) is 7.34. The number of hydrogen-bond donors (Lipinski definition) is 1. The van der Waals surface area contributed by atoms with E-state index in [-0.39, 0.29) is 5.56 Å². The molecule has 0 atom stereocenters.